The molecular formula is C14H26N2OS. The molecule has 2 rings (SSSR count). The number of carbonyl (C=O) groups is 1. The van der Waals surface area contributed by atoms with E-state index >= 15 is 0 Å². The molecule has 0 aromatic carbocycles. The van der Waals surface area contributed by atoms with Crippen LogP contribution in [0.25, 0.3) is 0 Å². The van der Waals surface area contributed by atoms with Crippen LogP contribution in [-0.2, 0) is 4.79 Å². The van der Waals surface area contributed by atoms with Crippen LogP contribution in [0.15, 0.2) is 0 Å². The molecule has 1 N–H and O–H groups in total. The van der Waals surface area contributed by atoms with Gasteiger partial charge in [-0.05, 0) is 38.4 Å². The Hall–Kier alpha value is -0.220. The number of nitrogens with one attached hydrogen (secondary N) is 1. The molecule has 2 fully saturated rings. The minimum absolute atomic E-state index is 0.0445. The van der Waals surface area contributed by atoms with E-state index in [0.717, 1.165) is 6.42 Å². The lowest BCUT2D eigenvalue weighted by molar-refractivity contribution is -0.132. The van der Waals surface area contributed by atoms with Crippen LogP contribution in [0.2, 0.25) is 0 Å². The van der Waals surface area contributed by atoms with Gasteiger partial charge in [0.15, 0.2) is 0 Å². The fourth-order valence-corrected chi connectivity index (χ4v) is 4.39. The fraction of sp³-hybridized carbons (Fsp3) is 0.929. The van der Waals surface area contributed by atoms with Gasteiger partial charge in [-0.1, -0.05) is 20.3 Å². The zero-order chi connectivity index (χ0) is 13.3. The number of nitrogens with zero attached hydrogens (tertiary/aromatic N) is 1. The second-order valence-corrected chi connectivity index (χ2v) is 7.12. The standard InChI is InChI=1S/C14H26N2OS/c1-9(2)8-11-14(17)16(10(3)15-11)12-6-5-7-13(12)18-4/h9-13,15H,5-8H2,1-4H3. The van der Waals surface area contributed by atoms with Gasteiger partial charge in [-0.2, -0.15) is 11.8 Å². The molecule has 4 heteroatoms. The Morgan fingerprint density at radius 3 is 2.78 bits per heavy atom. The van der Waals surface area contributed by atoms with Gasteiger partial charge in [0.05, 0.1) is 12.2 Å². The van der Waals surface area contributed by atoms with Crippen molar-refractivity contribution in [2.24, 2.45) is 5.92 Å². The maximum absolute atomic E-state index is 12.6. The van der Waals surface area contributed by atoms with E-state index < -0.39 is 0 Å². The molecule has 3 nitrogen and oxygen atoms in total. The second-order valence-electron chi connectivity index (χ2n) is 6.04. The monoisotopic (exact) mass is 270 g/mol. The highest BCUT2D eigenvalue weighted by molar-refractivity contribution is 7.99. The number of amides is 1. The summed E-state index contributed by atoms with van der Waals surface area (Å²) in [4.78, 5) is 14.7. The summed E-state index contributed by atoms with van der Waals surface area (Å²) in [6, 6.07) is 0.496. The van der Waals surface area contributed by atoms with Crippen molar-refractivity contribution in [2.75, 3.05) is 6.26 Å². The molecule has 18 heavy (non-hydrogen) atoms. The van der Waals surface area contributed by atoms with Crippen LogP contribution in [-0.4, -0.2) is 40.6 Å². The highest BCUT2D eigenvalue weighted by Crippen LogP contribution is 2.35. The van der Waals surface area contributed by atoms with Gasteiger partial charge >= 0.3 is 0 Å². The van der Waals surface area contributed by atoms with Crippen molar-refractivity contribution in [1.29, 1.82) is 0 Å². The Balaban J connectivity index is 2.06. The van der Waals surface area contributed by atoms with Crippen LogP contribution in [0.5, 0.6) is 0 Å². The third kappa shape index (κ3) is 2.69. The zero-order valence-corrected chi connectivity index (χ0v) is 12.8. The number of rotatable bonds is 4. The molecule has 1 aliphatic heterocycles. The van der Waals surface area contributed by atoms with E-state index in [-0.39, 0.29) is 12.2 Å². The van der Waals surface area contributed by atoms with Gasteiger partial charge in [-0.3, -0.25) is 10.1 Å². The van der Waals surface area contributed by atoms with Crippen LogP contribution < -0.4 is 5.32 Å². The molecule has 104 valence electrons. The largest absolute Gasteiger partial charge is 0.322 e. The Bertz CT molecular complexity index is 308. The van der Waals surface area contributed by atoms with E-state index in [0.29, 0.717) is 23.1 Å². The Morgan fingerprint density at radius 2 is 2.17 bits per heavy atom. The molecular weight excluding hydrogens is 244 g/mol. The minimum atomic E-state index is 0.0445. The Morgan fingerprint density at radius 1 is 1.44 bits per heavy atom. The first-order chi connectivity index (χ1) is 8.54. The molecule has 0 aromatic rings. The number of thioether (sulfide) groups is 1. The molecule has 0 radical (unpaired) electrons. The summed E-state index contributed by atoms with van der Waals surface area (Å²) in [5.41, 5.74) is 0. The average molecular weight is 270 g/mol. The molecule has 2 aliphatic rings. The predicted octanol–water partition coefficient (Wildman–Crippen LogP) is 2.46. The van der Waals surface area contributed by atoms with E-state index in [1.54, 1.807) is 0 Å². The first-order valence-corrected chi connectivity index (χ1v) is 8.44. The molecule has 1 amide bonds. The first kappa shape index (κ1) is 14.2. The van der Waals surface area contributed by atoms with E-state index in [2.05, 4.69) is 37.2 Å². The van der Waals surface area contributed by atoms with Crippen LogP contribution in [0.4, 0.5) is 0 Å². The predicted molar refractivity (Wildman–Crippen MR) is 77.6 cm³/mol. The fourth-order valence-electron chi connectivity index (χ4n) is 3.40. The highest BCUT2D eigenvalue weighted by atomic mass is 32.2. The van der Waals surface area contributed by atoms with E-state index in [4.69, 9.17) is 0 Å². The minimum Gasteiger partial charge on any atom is -0.322 e. The van der Waals surface area contributed by atoms with Gasteiger partial charge in [-0.25, -0.2) is 0 Å². The van der Waals surface area contributed by atoms with Crippen LogP contribution in [0.3, 0.4) is 0 Å². The van der Waals surface area contributed by atoms with Gasteiger partial charge < -0.3 is 4.90 Å². The summed E-state index contributed by atoms with van der Waals surface area (Å²) in [7, 11) is 0. The summed E-state index contributed by atoms with van der Waals surface area (Å²) >= 11 is 1.92. The molecule has 0 spiro atoms. The third-order valence-corrected chi connectivity index (χ3v) is 5.35. The van der Waals surface area contributed by atoms with E-state index in [1.807, 2.05) is 11.8 Å². The van der Waals surface area contributed by atoms with Gasteiger partial charge in [0, 0.05) is 11.3 Å². The molecule has 0 bridgehead atoms. The first-order valence-electron chi connectivity index (χ1n) is 7.15. The van der Waals surface area contributed by atoms with Crippen molar-refractivity contribution in [3.63, 3.8) is 0 Å². The van der Waals surface area contributed by atoms with Gasteiger partial charge in [-0.15, -0.1) is 0 Å². The van der Waals surface area contributed by atoms with Crippen molar-refractivity contribution in [3.05, 3.63) is 0 Å². The molecule has 4 unspecified atom stereocenters. The molecule has 1 aliphatic carbocycles. The molecule has 1 saturated carbocycles. The summed E-state index contributed by atoms with van der Waals surface area (Å²) in [6.45, 7) is 6.50. The number of hydrogen-bond donors (Lipinski definition) is 1. The van der Waals surface area contributed by atoms with E-state index in [1.165, 1.54) is 19.3 Å². The normalized spacial score (nSPS) is 36.9. The van der Waals surface area contributed by atoms with Gasteiger partial charge in [0.1, 0.15) is 0 Å². The van der Waals surface area contributed by atoms with Crippen molar-refractivity contribution >= 4 is 17.7 Å². The lowest BCUT2D eigenvalue weighted by Gasteiger charge is -2.31. The lowest BCUT2D eigenvalue weighted by Crippen LogP contribution is -2.45. The van der Waals surface area contributed by atoms with Crippen LogP contribution in [0, 0.1) is 5.92 Å². The number of hydrogen-bond acceptors (Lipinski definition) is 3. The quantitative estimate of drug-likeness (QED) is 0.852. The lowest BCUT2D eigenvalue weighted by atomic mass is 10.0. The van der Waals surface area contributed by atoms with Crippen molar-refractivity contribution in [3.8, 4) is 0 Å². The SMILES string of the molecule is CSC1CCCC1N1C(=O)C(CC(C)C)NC1C. The molecule has 1 heterocycles. The van der Waals surface area contributed by atoms with Crippen molar-refractivity contribution in [2.45, 2.75) is 70.0 Å². The van der Waals surface area contributed by atoms with Crippen LogP contribution >= 0.6 is 11.8 Å². The summed E-state index contributed by atoms with van der Waals surface area (Å²) in [5, 5.41) is 4.11. The highest BCUT2D eigenvalue weighted by Gasteiger charge is 2.44. The molecule has 0 aromatic heterocycles. The Labute approximate surface area is 115 Å². The smallest absolute Gasteiger partial charge is 0.241 e. The number of carbonyl (C=O) groups excluding carboxylic acids is 1. The van der Waals surface area contributed by atoms with Crippen molar-refractivity contribution in [1.82, 2.24) is 10.2 Å². The maximum Gasteiger partial charge on any atom is 0.241 e. The average Bonchev–Trinajstić information content (AvgIpc) is 2.84. The topological polar surface area (TPSA) is 32.3 Å². The zero-order valence-electron chi connectivity index (χ0n) is 12.0. The van der Waals surface area contributed by atoms with E-state index in [9.17, 15) is 4.79 Å². The summed E-state index contributed by atoms with van der Waals surface area (Å²) < 4.78 is 0. The summed E-state index contributed by atoms with van der Waals surface area (Å²) in [5.74, 6) is 0.903. The second kappa shape index (κ2) is 5.83. The molecule has 4 atom stereocenters. The maximum atomic E-state index is 12.6. The van der Waals surface area contributed by atoms with Crippen LogP contribution in [0.1, 0.15) is 46.5 Å². The van der Waals surface area contributed by atoms with Crippen molar-refractivity contribution < 1.29 is 4.79 Å². The Kier molecular flexibility index (Phi) is 4.59. The summed E-state index contributed by atoms with van der Waals surface area (Å²) in [6.07, 6.45) is 7.04. The third-order valence-electron chi connectivity index (χ3n) is 4.20. The molecule has 1 saturated heterocycles. The van der Waals surface area contributed by atoms with Gasteiger partial charge in [0.25, 0.3) is 0 Å². The van der Waals surface area contributed by atoms with Gasteiger partial charge in [0.2, 0.25) is 5.91 Å².